The predicted octanol–water partition coefficient (Wildman–Crippen LogP) is 5.95. The molecule has 0 saturated heterocycles. The molecule has 3 aromatic rings. The van der Waals surface area contributed by atoms with E-state index in [1.165, 1.54) is 16.9 Å². The van der Waals surface area contributed by atoms with Crippen molar-refractivity contribution in [3.8, 4) is 0 Å². The van der Waals surface area contributed by atoms with Gasteiger partial charge in [0.05, 0.1) is 11.4 Å². The summed E-state index contributed by atoms with van der Waals surface area (Å²) in [7, 11) is 0. The van der Waals surface area contributed by atoms with E-state index < -0.39 is 0 Å². The Bertz CT molecular complexity index is 948. The molecule has 28 heavy (non-hydrogen) atoms. The van der Waals surface area contributed by atoms with Gasteiger partial charge < -0.3 is 5.32 Å². The van der Waals surface area contributed by atoms with Crippen LogP contribution in [0.15, 0.2) is 47.8 Å². The molecule has 1 atom stereocenters. The number of nitrogens with zero attached hydrogens (tertiary/aromatic N) is 2. The van der Waals surface area contributed by atoms with E-state index in [-0.39, 0.29) is 11.9 Å². The van der Waals surface area contributed by atoms with Crippen molar-refractivity contribution in [1.29, 1.82) is 0 Å². The van der Waals surface area contributed by atoms with Crippen LogP contribution in [0.25, 0.3) is 0 Å². The molecule has 1 aromatic heterocycles. The maximum absolute atomic E-state index is 12.4. The van der Waals surface area contributed by atoms with E-state index in [9.17, 15) is 4.79 Å². The number of rotatable bonds is 6. The van der Waals surface area contributed by atoms with Crippen LogP contribution in [0.3, 0.4) is 0 Å². The van der Waals surface area contributed by atoms with Gasteiger partial charge in [-0.05, 0) is 49.6 Å². The van der Waals surface area contributed by atoms with Gasteiger partial charge in [-0.2, -0.15) is 0 Å². The number of halogens is 1. The summed E-state index contributed by atoms with van der Waals surface area (Å²) >= 11 is 7.44. The van der Waals surface area contributed by atoms with Gasteiger partial charge >= 0.3 is 0 Å². The van der Waals surface area contributed by atoms with Gasteiger partial charge in [-0.25, -0.2) is 4.98 Å². The summed E-state index contributed by atoms with van der Waals surface area (Å²) < 4.78 is 0. The summed E-state index contributed by atoms with van der Waals surface area (Å²) in [5, 5.41) is 6.90. The minimum Gasteiger partial charge on any atom is -0.305 e. The smallest absolute Gasteiger partial charge is 0.230 e. The molecule has 1 heterocycles. The Kier molecular flexibility index (Phi) is 6.50. The molecule has 0 unspecified atom stereocenters. The molecular weight excluding hydrogens is 390 g/mol. The van der Waals surface area contributed by atoms with Gasteiger partial charge in [-0.3, -0.25) is 9.69 Å². The molecule has 0 aliphatic heterocycles. The number of aryl methyl sites for hydroxylation is 2. The number of benzene rings is 2. The highest BCUT2D eigenvalue weighted by Gasteiger charge is 2.21. The van der Waals surface area contributed by atoms with Crippen molar-refractivity contribution in [2.24, 2.45) is 0 Å². The Balaban J connectivity index is 1.76. The Morgan fingerprint density at radius 2 is 1.82 bits per heavy atom. The third-order valence-corrected chi connectivity index (χ3v) is 5.79. The van der Waals surface area contributed by atoms with Gasteiger partial charge in [-0.1, -0.05) is 41.9 Å². The number of hydrogen-bond donors (Lipinski definition) is 1. The summed E-state index contributed by atoms with van der Waals surface area (Å²) in [4.78, 5) is 18.8. The Morgan fingerprint density at radius 1 is 1.18 bits per heavy atom. The van der Waals surface area contributed by atoms with Crippen LogP contribution >= 0.6 is 22.9 Å². The molecule has 0 spiro atoms. The van der Waals surface area contributed by atoms with Gasteiger partial charge in [0.15, 0.2) is 5.13 Å². The second kappa shape index (κ2) is 8.86. The maximum atomic E-state index is 12.4. The van der Waals surface area contributed by atoms with Crippen LogP contribution < -0.4 is 10.2 Å². The topological polar surface area (TPSA) is 45.2 Å². The Labute approximate surface area is 175 Å². The van der Waals surface area contributed by atoms with E-state index in [2.05, 4.69) is 12.2 Å². The van der Waals surface area contributed by atoms with Crippen LogP contribution in [0.5, 0.6) is 0 Å². The fraction of sp³-hybridized carbons (Fsp3) is 0.273. The first-order chi connectivity index (χ1) is 13.4. The highest BCUT2D eigenvalue weighted by molar-refractivity contribution is 7.14. The van der Waals surface area contributed by atoms with E-state index in [0.29, 0.717) is 11.7 Å². The molecule has 2 aromatic carbocycles. The first-order valence-electron chi connectivity index (χ1n) is 9.17. The summed E-state index contributed by atoms with van der Waals surface area (Å²) in [5.41, 5.74) is 5.11. The number of para-hydroxylation sites is 1. The summed E-state index contributed by atoms with van der Waals surface area (Å²) in [6.45, 7) is 8.34. The number of carbonyl (C=O) groups excluding carboxylic acids is 1. The van der Waals surface area contributed by atoms with Gasteiger partial charge in [0, 0.05) is 29.9 Å². The van der Waals surface area contributed by atoms with Crippen molar-refractivity contribution < 1.29 is 4.79 Å². The highest BCUT2D eigenvalue weighted by Crippen LogP contribution is 2.33. The number of hydrogen-bond acceptors (Lipinski definition) is 4. The zero-order valence-electron chi connectivity index (χ0n) is 16.5. The fourth-order valence-electron chi connectivity index (χ4n) is 3.15. The van der Waals surface area contributed by atoms with Crippen molar-refractivity contribution >= 4 is 39.7 Å². The Morgan fingerprint density at radius 3 is 2.43 bits per heavy atom. The summed E-state index contributed by atoms with van der Waals surface area (Å²) in [6, 6.07) is 14.0. The number of thiazole rings is 1. The van der Waals surface area contributed by atoms with Crippen molar-refractivity contribution in [2.75, 3.05) is 4.90 Å². The molecule has 6 heteroatoms. The lowest BCUT2D eigenvalue weighted by Crippen LogP contribution is -2.24. The first kappa shape index (κ1) is 20.5. The standard InChI is InChI=1S/C22H24ClN3OS/c1-14-6-5-7-15(2)21(14)26(17(4)27)22-25-20(13-28-22)12-24-16(3)18-8-10-19(23)11-9-18/h5-11,13,16,24H,12H2,1-4H3/t16-/m0/s1. The molecule has 4 nitrogen and oxygen atoms in total. The fourth-order valence-corrected chi connectivity index (χ4v) is 4.15. The number of carbonyl (C=O) groups is 1. The van der Waals surface area contributed by atoms with E-state index in [1.54, 1.807) is 11.8 Å². The van der Waals surface area contributed by atoms with Crippen molar-refractivity contribution in [1.82, 2.24) is 10.3 Å². The van der Waals surface area contributed by atoms with Crippen molar-refractivity contribution in [3.05, 3.63) is 75.3 Å². The molecule has 1 N–H and O–H groups in total. The third-order valence-electron chi connectivity index (χ3n) is 4.67. The molecule has 0 aliphatic carbocycles. The molecule has 0 saturated carbocycles. The number of amides is 1. The maximum Gasteiger partial charge on any atom is 0.230 e. The lowest BCUT2D eigenvalue weighted by atomic mass is 10.1. The number of aromatic nitrogens is 1. The lowest BCUT2D eigenvalue weighted by Gasteiger charge is -2.22. The van der Waals surface area contributed by atoms with Gasteiger partial charge in [0.1, 0.15) is 0 Å². The average molecular weight is 414 g/mol. The van der Waals surface area contributed by atoms with E-state index >= 15 is 0 Å². The predicted molar refractivity (Wildman–Crippen MR) is 118 cm³/mol. The number of anilines is 2. The van der Waals surface area contributed by atoms with Crippen LogP contribution in [0.4, 0.5) is 10.8 Å². The van der Waals surface area contributed by atoms with E-state index in [0.717, 1.165) is 27.5 Å². The van der Waals surface area contributed by atoms with Crippen LogP contribution in [-0.4, -0.2) is 10.9 Å². The normalized spacial score (nSPS) is 12.0. The van der Waals surface area contributed by atoms with Crippen LogP contribution in [0.1, 0.15) is 42.3 Å². The van der Waals surface area contributed by atoms with Crippen LogP contribution in [0.2, 0.25) is 5.02 Å². The van der Waals surface area contributed by atoms with E-state index in [1.807, 2.05) is 61.7 Å². The van der Waals surface area contributed by atoms with Crippen LogP contribution in [0, 0.1) is 13.8 Å². The highest BCUT2D eigenvalue weighted by atomic mass is 35.5. The summed E-state index contributed by atoms with van der Waals surface area (Å²) in [5.74, 6) is -0.0409. The molecular formula is C22H24ClN3OS. The third kappa shape index (κ3) is 4.61. The minimum absolute atomic E-state index is 0.0409. The van der Waals surface area contributed by atoms with Crippen LogP contribution in [-0.2, 0) is 11.3 Å². The average Bonchev–Trinajstić information content (AvgIpc) is 3.11. The molecule has 146 valence electrons. The molecule has 0 bridgehead atoms. The zero-order valence-corrected chi connectivity index (χ0v) is 18.1. The van der Waals surface area contributed by atoms with Crippen molar-refractivity contribution in [3.63, 3.8) is 0 Å². The second-order valence-electron chi connectivity index (χ2n) is 6.87. The molecule has 3 rings (SSSR count). The largest absolute Gasteiger partial charge is 0.305 e. The molecule has 0 fully saturated rings. The first-order valence-corrected chi connectivity index (χ1v) is 10.4. The monoisotopic (exact) mass is 413 g/mol. The number of nitrogens with one attached hydrogen (secondary N) is 1. The minimum atomic E-state index is -0.0409. The molecule has 0 aliphatic rings. The SMILES string of the molecule is CC(=O)N(c1nc(CN[C@@H](C)c2ccc(Cl)cc2)cs1)c1c(C)cccc1C. The molecule has 0 radical (unpaired) electrons. The van der Waals surface area contributed by atoms with Gasteiger partial charge in [-0.15, -0.1) is 11.3 Å². The summed E-state index contributed by atoms with van der Waals surface area (Å²) in [6.07, 6.45) is 0. The second-order valence-corrected chi connectivity index (χ2v) is 8.14. The van der Waals surface area contributed by atoms with Gasteiger partial charge in [0.25, 0.3) is 0 Å². The van der Waals surface area contributed by atoms with E-state index in [4.69, 9.17) is 16.6 Å². The van der Waals surface area contributed by atoms with Crippen molar-refractivity contribution in [2.45, 2.75) is 40.3 Å². The molecule has 1 amide bonds. The zero-order chi connectivity index (χ0) is 20.3. The lowest BCUT2D eigenvalue weighted by molar-refractivity contribution is -0.115. The quantitative estimate of drug-likeness (QED) is 0.543. The Hall–Kier alpha value is -2.21. The van der Waals surface area contributed by atoms with Gasteiger partial charge in [0.2, 0.25) is 5.91 Å².